The molecule has 0 spiro atoms. The van der Waals surface area contributed by atoms with Crippen molar-refractivity contribution in [1.29, 1.82) is 0 Å². The lowest BCUT2D eigenvalue weighted by atomic mass is 10.2. The lowest BCUT2D eigenvalue weighted by Gasteiger charge is -2.00. The van der Waals surface area contributed by atoms with Crippen LogP contribution in [0, 0.1) is 10.1 Å². The van der Waals surface area contributed by atoms with E-state index in [0.717, 1.165) is 0 Å². The second-order valence-electron chi connectivity index (χ2n) is 2.92. The third-order valence-electron chi connectivity index (χ3n) is 2.04. The summed E-state index contributed by atoms with van der Waals surface area (Å²) in [4.78, 5) is 24.5. The smallest absolute Gasteiger partial charge is 0.282 e. The molecule has 0 saturated heterocycles. The van der Waals surface area contributed by atoms with Crippen molar-refractivity contribution in [2.24, 2.45) is 0 Å². The first kappa shape index (κ1) is 9.85. The molecule has 0 radical (unpaired) electrons. The molecule has 0 aliphatic heterocycles. The molecule has 5 nitrogen and oxygen atoms in total. The average Bonchev–Trinajstić information content (AvgIpc) is 2.19. The van der Waals surface area contributed by atoms with Gasteiger partial charge in [0.1, 0.15) is 5.39 Å². The Labute approximate surface area is 92.0 Å². The number of rotatable bonds is 1. The van der Waals surface area contributed by atoms with Crippen LogP contribution in [-0.4, -0.2) is 9.91 Å². The molecule has 0 atom stereocenters. The molecule has 1 N–H and O–H groups in total. The van der Waals surface area contributed by atoms with Crippen LogP contribution in [0.15, 0.2) is 33.7 Å². The summed E-state index contributed by atoms with van der Waals surface area (Å²) in [5.74, 6) is 0. The quantitative estimate of drug-likeness (QED) is 0.636. The van der Waals surface area contributed by atoms with E-state index in [1.807, 2.05) is 0 Å². The second-order valence-corrected chi connectivity index (χ2v) is 3.77. The van der Waals surface area contributed by atoms with Gasteiger partial charge >= 0.3 is 0 Å². The Bertz CT molecular complexity index is 606. The number of nitro groups is 1. The average molecular weight is 269 g/mol. The van der Waals surface area contributed by atoms with E-state index in [-0.39, 0.29) is 16.5 Å². The second kappa shape index (κ2) is 3.47. The molecule has 1 aromatic carbocycles. The van der Waals surface area contributed by atoms with Gasteiger partial charge < -0.3 is 4.98 Å². The van der Waals surface area contributed by atoms with E-state index in [0.29, 0.717) is 9.99 Å². The third kappa shape index (κ3) is 1.52. The maximum atomic E-state index is 11.5. The van der Waals surface area contributed by atoms with Crippen LogP contribution in [0.4, 0.5) is 5.69 Å². The fraction of sp³-hybridized carbons (Fsp3) is 0. The molecule has 2 rings (SSSR count). The maximum Gasteiger partial charge on any atom is 0.282 e. The van der Waals surface area contributed by atoms with E-state index in [1.165, 1.54) is 24.4 Å². The first-order valence-corrected chi connectivity index (χ1v) is 4.85. The Morgan fingerprint density at radius 3 is 2.73 bits per heavy atom. The van der Waals surface area contributed by atoms with Crippen LogP contribution in [0.2, 0.25) is 0 Å². The molecule has 0 amide bonds. The van der Waals surface area contributed by atoms with Gasteiger partial charge in [-0.3, -0.25) is 14.9 Å². The summed E-state index contributed by atoms with van der Waals surface area (Å²) in [7, 11) is 0. The first-order chi connectivity index (χ1) is 7.11. The summed E-state index contributed by atoms with van der Waals surface area (Å²) in [5, 5.41) is 10.8. The molecule has 1 aromatic heterocycles. The van der Waals surface area contributed by atoms with Gasteiger partial charge in [-0.2, -0.15) is 0 Å². The van der Waals surface area contributed by atoms with Crippen LogP contribution in [0.1, 0.15) is 0 Å². The molecule has 0 aliphatic carbocycles. The van der Waals surface area contributed by atoms with Crippen LogP contribution < -0.4 is 5.43 Å². The van der Waals surface area contributed by atoms with E-state index in [4.69, 9.17) is 0 Å². The monoisotopic (exact) mass is 268 g/mol. The summed E-state index contributed by atoms with van der Waals surface area (Å²) in [6.45, 7) is 0. The molecule has 15 heavy (non-hydrogen) atoms. The highest BCUT2D eigenvalue weighted by atomic mass is 79.9. The topological polar surface area (TPSA) is 76.0 Å². The number of nitrogens with zero attached hydrogens (tertiary/aromatic N) is 1. The van der Waals surface area contributed by atoms with Gasteiger partial charge in [0.05, 0.1) is 10.4 Å². The molecule has 0 aliphatic rings. The van der Waals surface area contributed by atoms with Crippen molar-refractivity contribution in [2.45, 2.75) is 0 Å². The zero-order valence-corrected chi connectivity index (χ0v) is 8.95. The number of H-pyrrole nitrogens is 1. The molecule has 2 aromatic rings. The molecule has 1 heterocycles. The number of nitrogens with one attached hydrogen (secondary N) is 1. The van der Waals surface area contributed by atoms with Crippen LogP contribution in [0.25, 0.3) is 10.9 Å². The summed E-state index contributed by atoms with van der Waals surface area (Å²) >= 11 is 3.22. The van der Waals surface area contributed by atoms with Crippen molar-refractivity contribution in [3.63, 3.8) is 0 Å². The zero-order valence-electron chi connectivity index (χ0n) is 7.36. The number of hydrogen-bond donors (Lipinski definition) is 1. The lowest BCUT2D eigenvalue weighted by Crippen LogP contribution is -2.04. The molecule has 0 saturated carbocycles. The van der Waals surface area contributed by atoms with E-state index in [9.17, 15) is 14.9 Å². The summed E-state index contributed by atoms with van der Waals surface area (Å²) < 4.78 is 0.626. The Morgan fingerprint density at radius 2 is 2.07 bits per heavy atom. The third-order valence-corrected chi connectivity index (χ3v) is 2.70. The molecule has 0 bridgehead atoms. The molecule has 76 valence electrons. The van der Waals surface area contributed by atoms with Crippen LogP contribution >= 0.6 is 15.9 Å². The number of non-ortho nitro benzene ring substituents is 1. The molecular formula is C9H5BrN2O3. The number of aromatic amines is 1. The van der Waals surface area contributed by atoms with Crippen molar-refractivity contribution >= 4 is 32.5 Å². The van der Waals surface area contributed by atoms with E-state index >= 15 is 0 Å². The van der Waals surface area contributed by atoms with Crippen LogP contribution in [0.5, 0.6) is 0 Å². The summed E-state index contributed by atoms with van der Waals surface area (Å²) in [6, 6.07) is 4.11. The van der Waals surface area contributed by atoms with Crippen molar-refractivity contribution in [1.82, 2.24) is 4.98 Å². The predicted molar refractivity (Wildman–Crippen MR) is 58.9 cm³/mol. The highest BCUT2D eigenvalue weighted by Gasteiger charge is 2.16. The van der Waals surface area contributed by atoms with Gasteiger partial charge in [0.25, 0.3) is 5.69 Å². The zero-order chi connectivity index (χ0) is 11.0. The standard InChI is InChI=1S/C9H5BrN2O3/c10-5-1-2-6(12(14)15)8-7(13)3-4-11-9(5)8/h1-4H,(H,11,13). The van der Waals surface area contributed by atoms with Gasteiger partial charge in [-0.1, -0.05) is 0 Å². The number of pyridine rings is 1. The number of halogens is 1. The molecule has 0 unspecified atom stereocenters. The van der Waals surface area contributed by atoms with Gasteiger partial charge in [-0.15, -0.1) is 0 Å². The minimum atomic E-state index is -0.565. The lowest BCUT2D eigenvalue weighted by molar-refractivity contribution is -0.383. The highest BCUT2D eigenvalue weighted by Crippen LogP contribution is 2.27. The molecular weight excluding hydrogens is 264 g/mol. The number of aromatic nitrogens is 1. The number of fused-ring (bicyclic) bond motifs is 1. The molecule has 6 heteroatoms. The van der Waals surface area contributed by atoms with E-state index < -0.39 is 4.92 Å². The Kier molecular flexibility index (Phi) is 2.28. The van der Waals surface area contributed by atoms with Gasteiger partial charge in [-0.05, 0) is 22.0 Å². The van der Waals surface area contributed by atoms with Gasteiger partial charge in [-0.25, -0.2) is 0 Å². The van der Waals surface area contributed by atoms with E-state index in [2.05, 4.69) is 20.9 Å². The first-order valence-electron chi connectivity index (χ1n) is 4.05. The SMILES string of the molecule is O=c1cc[nH]c2c(Br)ccc([N+](=O)[O-])c12. The van der Waals surface area contributed by atoms with Gasteiger partial charge in [0.15, 0.2) is 5.43 Å². The van der Waals surface area contributed by atoms with Crippen LogP contribution in [0.3, 0.4) is 0 Å². The maximum absolute atomic E-state index is 11.5. The van der Waals surface area contributed by atoms with Crippen molar-refractivity contribution in [2.75, 3.05) is 0 Å². The van der Waals surface area contributed by atoms with Gasteiger partial charge in [0.2, 0.25) is 0 Å². The summed E-state index contributed by atoms with van der Waals surface area (Å²) in [6.07, 6.45) is 1.46. The summed E-state index contributed by atoms with van der Waals surface area (Å²) in [5.41, 5.74) is -0.108. The van der Waals surface area contributed by atoms with Crippen molar-refractivity contribution in [3.05, 3.63) is 49.2 Å². The minimum absolute atomic E-state index is 0.0943. The van der Waals surface area contributed by atoms with Crippen molar-refractivity contribution in [3.8, 4) is 0 Å². The number of benzene rings is 1. The fourth-order valence-electron chi connectivity index (χ4n) is 1.39. The Morgan fingerprint density at radius 1 is 1.33 bits per heavy atom. The fourth-order valence-corrected chi connectivity index (χ4v) is 1.84. The van der Waals surface area contributed by atoms with Crippen LogP contribution in [-0.2, 0) is 0 Å². The highest BCUT2D eigenvalue weighted by molar-refractivity contribution is 9.10. The number of hydrogen-bond acceptors (Lipinski definition) is 3. The molecule has 0 fully saturated rings. The minimum Gasteiger partial charge on any atom is -0.360 e. The van der Waals surface area contributed by atoms with Gasteiger partial charge in [0, 0.05) is 22.8 Å². The normalized spacial score (nSPS) is 10.5. The Hall–Kier alpha value is -1.69. The Balaban J connectivity index is 3.03. The number of nitro benzene ring substituents is 1. The van der Waals surface area contributed by atoms with Crippen molar-refractivity contribution < 1.29 is 4.92 Å². The van der Waals surface area contributed by atoms with E-state index in [1.54, 1.807) is 0 Å². The predicted octanol–water partition coefficient (Wildman–Crippen LogP) is 2.20. The largest absolute Gasteiger partial charge is 0.360 e.